The summed E-state index contributed by atoms with van der Waals surface area (Å²) >= 11 is 1.00. The summed E-state index contributed by atoms with van der Waals surface area (Å²) in [7, 11) is 0. The molecule has 9 heteroatoms. The van der Waals surface area contributed by atoms with Crippen LogP contribution in [0.4, 0.5) is 18.9 Å². The second-order valence-electron chi connectivity index (χ2n) is 8.22. The molecule has 182 valence electrons. The number of thioether (sulfide) groups is 1. The van der Waals surface area contributed by atoms with Crippen molar-refractivity contribution >= 4 is 29.3 Å². The topological polar surface area (TPSA) is 73.2 Å². The first-order valence-corrected chi connectivity index (χ1v) is 11.7. The van der Waals surface area contributed by atoms with Crippen LogP contribution in [0.15, 0.2) is 71.8 Å². The van der Waals surface area contributed by atoms with Crippen LogP contribution in [-0.4, -0.2) is 23.6 Å². The standard InChI is InChI=1S/C26H24F3N3O2S/c1-4-12-31-23(33)21(15-30)25-32(20-10-8-18(9-11-20)16(2)3)24(34)22(35-25)14-17-6-5-7-19(13-17)26(27,28)29/h4-11,13,16,22H,1,12,14H2,2-3H3,(H,31,33)/b25-21-. The smallest absolute Gasteiger partial charge is 0.348 e. The molecule has 2 amide bonds. The highest BCUT2D eigenvalue weighted by atomic mass is 32.2. The number of alkyl halides is 3. The minimum absolute atomic E-state index is 0.00445. The maximum Gasteiger partial charge on any atom is 0.416 e. The molecule has 1 unspecified atom stereocenters. The van der Waals surface area contributed by atoms with E-state index < -0.39 is 28.8 Å². The zero-order chi connectivity index (χ0) is 25.8. The molecule has 0 aromatic heterocycles. The first kappa shape index (κ1) is 26.1. The Morgan fingerprint density at radius 3 is 2.51 bits per heavy atom. The number of carbonyl (C=O) groups excluding carboxylic acids is 2. The Morgan fingerprint density at radius 2 is 1.94 bits per heavy atom. The molecule has 0 radical (unpaired) electrons. The van der Waals surface area contributed by atoms with E-state index >= 15 is 0 Å². The minimum atomic E-state index is -4.50. The molecule has 3 rings (SSSR count). The highest BCUT2D eigenvalue weighted by Gasteiger charge is 2.41. The summed E-state index contributed by atoms with van der Waals surface area (Å²) in [6.07, 6.45) is -3.04. The molecule has 0 spiro atoms. The molecule has 1 aliphatic rings. The van der Waals surface area contributed by atoms with Crippen LogP contribution in [0.1, 0.15) is 36.5 Å². The van der Waals surface area contributed by atoms with Gasteiger partial charge in [-0.1, -0.05) is 62.0 Å². The molecule has 1 heterocycles. The van der Waals surface area contributed by atoms with Gasteiger partial charge in [-0.15, -0.1) is 6.58 Å². The number of nitrogens with zero attached hydrogens (tertiary/aromatic N) is 2. The van der Waals surface area contributed by atoms with Crippen LogP contribution in [0, 0.1) is 11.3 Å². The molecule has 0 bridgehead atoms. The van der Waals surface area contributed by atoms with Crippen LogP contribution < -0.4 is 10.2 Å². The number of nitriles is 1. The second-order valence-corrected chi connectivity index (χ2v) is 9.41. The van der Waals surface area contributed by atoms with Crippen molar-refractivity contribution in [2.45, 2.75) is 37.6 Å². The van der Waals surface area contributed by atoms with Crippen LogP contribution in [-0.2, 0) is 22.2 Å². The van der Waals surface area contributed by atoms with Crippen molar-refractivity contribution in [2.24, 2.45) is 0 Å². The van der Waals surface area contributed by atoms with Gasteiger partial charge in [-0.25, -0.2) is 0 Å². The molecule has 1 atom stereocenters. The van der Waals surface area contributed by atoms with E-state index in [4.69, 9.17) is 0 Å². The molecule has 2 aromatic carbocycles. The number of hydrogen-bond donors (Lipinski definition) is 1. The highest BCUT2D eigenvalue weighted by Crippen LogP contribution is 2.42. The Bertz CT molecular complexity index is 1200. The third-order valence-electron chi connectivity index (χ3n) is 5.41. The van der Waals surface area contributed by atoms with Crippen molar-refractivity contribution in [2.75, 3.05) is 11.4 Å². The molecular weight excluding hydrogens is 475 g/mol. The Hall–Kier alpha value is -3.51. The number of anilines is 1. The Morgan fingerprint density at radius 1 is 1.26 bits per heavy atom. The maximum absolute atomic E-state index is 13.5. The quantitative estimate of drug-likeness (QED) is 0.308. The normalized spacial score (nSPS) is 17.3. The third-order valence-corrected chi connectivity index (χ3v) is 6.67. The van der Waals surface area contributed by atoms with E-state index in [1.54, 1.807) is 12.1 Å². The minimum Gasteiger partial charge on any atom is -0.348 e. The average Bonchev–Trinajstić information content (AvgIpc) is 3.13. The van der Waals surface area contributed by atoms with Crippen molar-refractivity contribution in [1.29, 1.82) is 5.26 Å². The molecule has 0 aliphatic carbocycles. The van der Waals surface area contributed by atoms with Gasteiger partial charge in [0, 0.05) is 12.2 Å². The lowest BCUT2D eigenvalue weighted by Gasteiger charge is -2.19. The maximum atomic E-state index is 13.5. The second kappa shape index (κ2) is 10.8. The van der Waals surface area contributed by atoms with Crippen molar-refractivity contribution in [3.05, 3.63) is 88.5 Å². The summed E-state index contributed by atoms with van der Waals surface area (Å²) in [5, 5.41) is 11.6. The monoisotopic (exact) mass is 499 g/mol. The van der Waals surface area contributed by atoms with Crippen molar-refractivity contribution in [1.82, 2.24) is 5.32 Å². The van der Waals surface area contributed by atoms with Crippen LogP contribution in [0.25, 0.3) is 0 Å². The van der Waals surface area contributed by atoms with Gasteiger partial charge in [-0.3, -0.25) is 14.5 Å². The number of hydrogen-bond acceptors (Lipinski definition) is 4. The van der Waals surface area contributed by atoms with Crippen molar-refractivity contribution < 1.29 is 22.8 Å². The summed E-state index contributed by atoms with van der Waals surface area (Å²) in [4.78, 5) is 27.4. The first-order chi connectivity index (χ1) is 16.6. The van der Waals surface area contributed by atoms with Crippen molar-refractivity contribution in [3.63, 3.8) is 0 Å². The van der Waals surface area contributed by atoms with Crippen LogP contribution in [0.2, 0.25) is 0 Å². The van der Waals surface area contributed by atoms with E-state index in [9.17, 15) is 28.0 Å². The number of carbonyl (C=O) groups is 2. The Kier molecular flexibility index (Phi) is 8.07. The van der Waals surface area contributed by atoms with E-state index in [1.807, 2.05) is 32.0 Å². The SMILES string of the molecule is C=CCNC(=O)/C(C#N)=C1\SC(Cc2cccc(C(F)(F)F)c2)C(=O)N1c1ccc(C(C)C)cc1. The third kappa shape index (κ3) is 5.95. The van der Waals surface area contributed by atoms with Gasteiger partial charge < -0.3 is 5.32 Å². The Balaban J connectivity index is 2.03. The lowest BCUT2D eigenvalue weighted by molar-refractivity contribution is -0.137. The van der Waals surface area contributed by atoms with Gasteiger partial charge in [0.2, 0.25) is 5.91 Å². The summed E-state index contributed by atoms with van der Waals surface area (Å²) in [6, 6.07) is 13.9. The fraction of sp³-hybridized carbons (Fsp3) is 0.269. The number of nitrogens with one attached hydrogen (secondary N) is 1. The number of benzene rings is 2. The van der Waals surface area contributed by atoms with E-state index in [1.165, 1.54) is 23.1 Å². The van der Waals surface area contributed by atoms with E-state index in [0.29, 0.717) is 11.3 Å². The molecule has 35 heavy (non-hydrogen) atoms. The molecule has 0 saturated carbocycles. The fourth-order valence-electron chi connectivity index (χ4n) is 3.57. The number of rotatable bonds is 7. The van der Waals surface area contributed by atoms with Crippen LogP contribution >= 0.6 is 11.8 Å². The van der Waals surface area contributed by atoms with Gasteiger partial charge in [0.15, 0.2) is 0 Å². The van der Waals surface area contributed by atoms with Gasteiger partial charge in [0.05, 0.1) is 10.8 Å². The van der Waals surface area contributed by atoms with Gasteiger partial charge in [0.1, 0.15) is 16.7 Å². The molecule has 2 aromatic rings. The van der Waals surface area contributed by atoms with Crippen molar-refractivity contribution in [3.8, 4) is 6.07 Å². The van der Waals surface area contributed by atoms with Gasteiger partial charge in [-0.05, 0) is 41.7 Å². The summed E-state index contributed by atoms with van der Waals surface area (Å²) in [5.41, 5.74) is 0.797. The molecule has 5 nitrogen and oxygen atoms in total. The lowest BCUT2D eigenvalue weighted by Crippen LogP contribution is -2.32. The summed E-state index contributed by atoms with van der Waals surface area (Å²) in [5.74, 6) is -0.814. The van der Waals surface area contributed by atoms with E-state index in [2.05, 4.69) is 11.9 Å². The molecular formula is C26H24F3N3O2S. The fourth-order valence-corrected chi connectivity index (χ4v) is 4.88. The van der Waals surface area contributed by atoms with E-state index in [0.717, 1.165) is 29.5 Å². The summed E-state index contributed by atoms with van der Waals surface area (Å²) < 4.78 is 39.5. The zero-order valence-corrected chi connectivity index (χ0v) is 20.0. The first-order valence-electron chi connectivity index (χ1n) is 10.9. The zero-order valence-electron chi connectivity index (χ0n) is 19.2. The van der Waals surface area contributed by atoms with Crippen LogP contribution in [0.5, 0.6) is 0 Å². The molecule has 1 saturated heterocycles. The van der Waals surface area contributed by atoms with Gasteiger partial charge in [0.25, 0.3) is 5.91 Å². The molecule has 1 fully saturated rings. The predicted molar refractivity (Wildman–Crippen MR) is 130 cm³/mol. The lowest BCUT2D eigenvalue weighted by atomic mass is 10.0. The van der Waals surface area contributed by atoms with E-state index in [-0.39, 0.29) is 29.5 Å². The Labute approximate surface area is 206 Å². The molecule has 1 aliphatic heterocycles. The molecule has 1 N–H and O–H groups in total. The van der Waals surface area contributed by atoms with Gasteiger partial charge in [-0.2, -0.15) is 18.4 Å². The predicted octanol–water partition coefficient (Wildman–Crippen LogP) is 5.56. The number of halogens is 3. The number of amides is 2. The van der Waals surface area contributed by atoms with Crippen LogP contribution in [0.3, 0.4) is 0 Å². The summed E-state index contributed by atoms with van der Waals surface area (Å²) in [6.45, 7) is 7.72. The van der Waals surface area contributed by atoms with Gasteiger partial charge >= 0.3 is 6.18 Å². The highest BCUT2D eigenvalue weighted by molar-refractivity contribution is 8.05. The average molecular weight is 500 g/mol. The largest absolute Gasteiger partial charge is 0.416 e.